The molecule has 0 aromatic carbocycles. The second kappa shape index (κ2) is 7.37. The van der Waals surface area contributed by atoms with Crippen LogP contribution in [0.5, 0.6) is 0 Å². The molecule has 0 fully saturated rings. The lowest BCUT2D eigenvalue weighted by Crippen LogP contribution is -2.23. The van der Waals surface area contributed by atoms with Crippen molar-refractivity contribution in [3.8, 4) is 5.69 Å². The summed E-state index contributed by atoms with van der Waals surface area (Å²) in [4.78, 5) is 8.00. The zero-order valence-electron chi connectivity index (χ0n) is 13.7. The molecule has 0 amide bonds. The molecular weight excluding hydrogens is 312 g/mol. The Labute approximate surface area is 146 Å². The van der Waals surface area contributed by atoms with E-state index < -0.39 is 0 Å². The summed E-state index contributed by atoms with van der Waals surface area (Å²) in [6, 6.07) is 9.30. The van der Waals surface area contributed by atoms with Gasteiger partial charge in [0.2, 0.25) is 0 Å². The van der Waals surface area contributed by atoms with Crippen LogP contribution in [0, 0.1) is 0 Å². The predicted molar refractivity (Wildman–Crippen MR) is 99.6 cm³/mol. The summed E-state index contributed by atoms with van der Waals surface area (Å²) in [6.45, 7) is 8.21. The van der Waals surface area contributed by atoms with E-state index in [1.165, 1.54) is 5.01 Å². The van der Waals surface area contributed by atoms with E-state index >= 15 is 0 Å². The van der Waals surface area contributed by atoms with E-state index in [1.54, 1.807) is 41.9 Å². The molecule has 6 nitrogen and oxygen atoms in total. The number of hydrazine groups is 1. The Balaban J connectivity index is 1.77. The van der Waals surface area contributed by atoms with Gasteiger partial charge in [0.05, 0.1) is 23.3 Å². The quantitative estimate of drug-likeness (QED) is 0.427. The molecule has 0 aliphatic carbocycles. The summed E-state index contributed by atoms with van der Waals surface area (Å²) in [6.07, 6.45) is 12.1. The minimum absolute atomic E-state index is 0.736. The van der Waals surface area contributed by atoms with Crippen LogP contribution in [0.25, 0.3) is 11.3 Å². The van der Waals surface area contributed by atoms with E-state index in [0.29, 0.717) is 0 Å². The van der Waals surface area contributed by atoms with Crippen molar-refractivity contribution < 1.29 is 0 Å². The van der Waals surface area contributed by atoms with Gasteiger partial charge in [-0.15, -0.1) is 0 Å². The lowest BCUT2D eigenvalue weighted by Gasteiger charge is -2.14. The molecule has 3 aromatic heterocycles. The van der Waals surface area contributed by atoms with Crippen LogP contribution in [0.1, 0.15) is 5.69 Å². The van der Waals surface area contributed by atoms with E-state index in [-0.39, 0.29) is 0 Å². The molecule has 0 unspecified atom stereocenters. The Morgan fingerprint density at radius 1 is 0.960 bits per heavy atom. The fourth-order valence-corrected chi connectivity index (χ4v) is 2.26. The number of nitrogens with two attached hydrogens (primary N) is 1. The van der Waals surface area contributed by atoms with Crippen LogP contribution in [0.4, 0.5) is 5.69 Å². The van der Waals surface area contributed by atoms with Crippen molar-refractivity contribution in [2.75, 3.05) is 5.01 Å². The fraction of sp³-hybridized carbons (Fsp3) is 0. The minimum Gasteiger partial charge on any atom is -0.287 e. The van der Waals surface area contributed by atoms with Gasteiger partial charge in [-0.3, -0.25) is 15.0 Å². The van der Waals surface area contributed by atoms with Gasteiger partial charge in [-0.05, 0) is 47.6 Å². The molecule has 0 radical (unpaired) electrons. The average molecular weight is 330 g/mol. The number of rotatable bonds is 6. The molecule has 0 aliphatic rings. The highest BCUT2D eigenvalue weighted by Gasteiger charge is 2.10. The predicted octanol–water partition coefficient (Wildman–Crippen LogP) is 3.13. The molecule has 0 saturated carbocycles. The van der Waals surface area contributed by atoms with Crippen LogP contribution < -0.4 is 10.9 Å². The normalized spacial score (nSPS) is 10.8. The van der Waals surface area contributed by atoms with Gasteiger partial charge in [0.25, 0.3) is 0 Å². The highest BCUT2D eigenvalue weighted by atomic mass is 15.4. The summed E-state index contributed by atoms with van der Waals surface area (Å²) in [5.41, 5.74) is 4.08. The van der Waals surface area contributed by atoms with Crippen LogP contribution >= 0.6 is 0 Å². The summed E-state index contributed by atoms with van der Waals surface area (Å²) in [5, 5.41) is 5.85. The van der Waals surface area contributed by atoms with Gasteiger partial charge < -0.3 is 0 Å². The highest BCUT2D eigenvalue weighted by Crippen LogP contribution is 2.23. The molecule has 3 aromatic rings. The second-order valence-corrected chi connectivity index (χ2v) is 5.27. The number of nitrogens with zero attached hydrogens (tertiary/aromatic N) is 5. The van der Waals surface area contributed by atoms with Gasteiger partial charge in [-0.25, -0.2) is 10.5 Å². The van der Waals surface area contributed by atoms with Crippen molar-refractivity contribution in [2.45, 2.75) is 0 Å². The third-order valence-electron chi connectivity index (χ3n) is 3.64. The number of aromatic nitrogens is 4. The van der Waals surface area contributed by atoms with Crippen molar-refractivity contribution in [2.24, 2.45) is 5.84 Å². The number of hydrogen-bond donors (Lipinski definition) is 1. The topological polar surface area (TPSA) is 72.9 Å². The smallest absolute Gasteiger partial charge is 0.0740 e. The van der Waals surface area contributed by atoms with Crippen molar-refractivity contribution in [1.82, 2.24) is 19.7 Å². The summed E-state index contributed by atoms with van der Waals surface area (Å²) in [5.74, 6) is 6.01. The molecule has 25 heavy (non-hydrogen) atoms. The Morgan fingerprint density at radius 3 is 2.28 bits per heavy atom. The number of allylic oxidation sites excluding steroid dienone is 3. The summed E-state index contributed by atoms with van der Waals surface area (Å²) in [7, 11) is 0. The van der Waals surface area contributed by atoms with E-state index in [0.717, 1.165) is 28.2 Å². The molecular formula is C19H18N6. The van der Waals surface area contributed by atoms with Crippen LogP contribution in [-0.2, 0) is 0 Å². The fourth-order valence-electron chi connectivity index (χ4n) is 2.26. The lowest BCUT2D eigenvalue weighted by atomic mass is 10.1. The molecule has 2 N–H and O–H groups in total. The summed E-state index contributed by atoms with van der Waals surface area (Å²) >= 11 is 0. The Kier molecular flexibility index (Phi) is 4.82. The van der Waals surface area contributed by atoms with Gasteiger partial charge in [0, 0.05) is 31.0 Å². The first-order chi connectivity index (χ1) is 12.2. The SMILES string of the molecule is C=C(/C=C\N(N)c1ccncc1)C(=C)c1ccnn1-c1ccncc1. The zero-order chi connectivity index (χ0) is 17.6. The van der Waals surface area contributed by atoms with Crippen LogP contribution in [0.3, 0.4) is 0 Å². The van der Waals surface area contributed by atoms with Gasteiger partial charge in [0.15, 0.2) is 0 Å². The van der Waals surface area contributed by atoms with E-state index in [1.807, 2.05) is 36.4 Å². The van der Waals surface area contributed by atoms with Gasteiger partial charge >= 0.3 is 0 Å². The maximum Gasteiger partial charge on any atom is 0.0740 e. The number of anilines is 1. The molecule has 0 bridgehead atoms. The van der Waals surface area contributed by atoms with Crippen LogP contribution in [-0.4, -0.2) is 19.7 Å². The van der Waals surface area contributed by atoms with Crippen molar-refractivity contribution >= 4 is 11.3 Å². The third-order valence-corrected chi connectivity index (χ3v) is 3.64. The van der Waals surface area contributed by atoms with Gasteiger partial charge in [-0.2, -0.15) is 5.10 Å². The monoisotopic (exact) mass is 330 g/mol. The zero-order valence-corrected chi connectivity index (χ0v) is 13.7. The average Bonchev–Trinajstić information content (AvgIpc) is 3.16. The lowest BCUT2D eigenvalue weighted by molar-refractivity contribution is 0.865. The standard InChI is InChI=1S/C19H18N6/c1-15(8-14-24(20)17-3-9-21-10-4-17)16(2)19-7-13-23-25(19)18-5-11-22-12-6-18/h3-14H,1-2,20H2/b14-8-. The maximum absolute atomic E-state index is 6.01. The highest BCUT2D eigenvalue weighted by molar-refractivity contribution is 5.78. The van der Waals surface area contributed by atoms with Gasteiger partial charge in [-0.1, -0.05) is 13.2 Å². The van der Waals surface area contributed by atoms with E-state index in [9.17, 15) is 0 Å². The maximum atomic E-state index is 6.01. The number of pyridine rings is 2. The Bertz CT molecular complexity index is 896. The number of hydrogen-bond acceptors (Lipinski definition) is 5. The van der Waals surface area contributed by atoms with E-state index in [4.69, 9.17) is 5.84 Å². The van der Waals surface area contributed by atoms with Crippen LogP contribution in [0.15, 0.2) is 92.3 Å². The second-order valence-electron chi connectivity index (χ2n) is 5.27. The Morgan fingerprint density at radius 2 is 1.60 bits per heavy atom. The molecule has 124 valence electrons. The third kappa shape index (κ3) is 3.70. The first-order valence-corrected chi connectivity index (χ1v) is 7.62. The Hall–Kier alpha value is -3.51. The molecule has 6 heteroatoms. The van der Waals surface area contributed by atoms with Crippen molar-refractivity contribution in [3.63, 3.8) is 0 Å². The molecule has 0 saturated heterocycles. The van der Waals surface area contributed by atoms with Crippen LogP contribution in [0.2, 0.25) is 0 Å². The van der Waals surface area contributed by atoms with Gasteiger partial charge in [0.1, 0.15) is 0 Å². The van der Waals surface area contributed by atoms with Crippen molar-refractivity contribution in [1.29, 1.82) is 0 Å². The summed E-state index contributed by atoms with van der Waals surface area (Å²) < 4.78 is 1.80. The largest absolute Gasteiger partial charge is 0.287 e. The molecule has 0 spiro atoms. The van der Waals surface area contributed by atoms with E-state index in [2.05, 4.69) is 28.2 Å². The molecule has 3 heterocycles. The first kappa shape index (κ1) is 16.4. The van der Waals surface area contributed by atoms with Crippen molar-refractivity contribution in [3.05, 3.63) is 98.0 Å². The molecule has 3 rings (SSSR count). The molecule has 0 aliphatic heterocycles. The molecule has 0 atom stereocenters. The first-order valence-electron chi connectivity index (χ1n) is 7.62. The minimum atomic E-state index is 0.736.